The molecule has 0 saturated heterocycles. The first-order valence-electron chi connectivity index (χ1n) is 6.24. The second-order valence-corrected chi connectivity index (χ2v) is 5.31. The Morgan fingerprint density at radius 1 is 1.33 bits per heavy atom. The molecule has 1 atom stereocenters. The second-order valence-electron chi connectivity index (χ2n) is 4.40. The molecule has 0 radical (unpaired) electrons. The van der Waals surface area contributed by atoms with Crippen molar-refractivity contribution < 1.29 is 24.2 Å². The number of methoxy groups -OCH3 is 1. The fourth-order valence-corrected chi connectivity index (χ4v) is 2.00. The van der Waals surface area contributed by atoms with Gasteiger partial charge in [0.1, 0.15) is 11.8 Å². The third kappa shape index (κ3) is 5.18. The third-order valence-electron chi connectivity index (χ3n) is 2.79. The van der Waals surface area contributed by atoms with E-state index in [0.29, 0.717) is 11.3 Å². The van der Waals surface area contributed by atoms with E-state index in [1.807, 2.05) is 0 Å². The maximum absolute atomic E-state index is 12.1. The van der Waals surface area contributed by atoms with E-state index in [2.05, 4.69) is 21.2 Å². The predicted octanol–water partition coefficient (Wildman–Crippen LogP) is 2.01. The van der Waals surface area contributed by atoms with Gasteiger partial charge in [0, 0.05) is 17.3 Å². The summed E-state index contributed by atoms with van der Waals surface area (Å²) in [5, 5.41) is 11.0. The van der Waals surface area contributed by atoms with Gasteiger partial charge in [-0.15, -0.1) is 0 Å². The van der Waals surface area contributed by atoms with Gasteiger partial charge in [0.15, 0.2) is 5.78 Å². The number of nitrogens with one attached hydrogen (secondary N) is 1. The van der Waals surface area contributed by atoms with Crippen molar-refractivity contribution in [3.63, 3.8) is 0 Å². The molecule has 2 N–H and O–H groups in total. The van der Waals surface area contributed by atoms with E-state index in [-0.39, 0.29) is 18.6 Å². The number of benzene rings is 1. The van der Waals surface area contributed by atoms with E-state index in [0.717, 1.165) is 4.47 Å². The van der Waals surface area contributed by atoms with Crippen LogP contribution in [0.15, 0.2) is 22.7 Å². The number of ketones is 1. The first-order valence-corrected chi connectivity index (χ1v) is 7.03. The smallest absolute Gasteiger partial charge is 0.325 e. The topological polar surface area (TPSA) is 92.7 Å². The molecule has 0 heterocycles. The Hall–Kier alpha value is -1.89. The minimum absolute atomic E-state index is 0.0228. The molecule has 1 rings (SSSR count). The number of carbonyl (C=O) groups excluding carboxylic acids is 2. The van der Waals surface area contributed by atoms with Gasteiger partial charge in [-0.05, 0) is 25.1 Å². The number of hydrogen-bond donors (Lipinski definition) is 2. The molecule has 0 aliphatic carbocycles. The average molecular weight is 358 g/mol. The zero-order valence-corrected chi connectivity index (χ0v) is 13.3. The van der Waals surface area contributed by atoms with E-state index in [1.54, 1.807) is 18.2 Å². The lowest BCUT2D eigenvalue weighted by Crippen LogP contribution is -2.38. The molecule has 114 valence electrons. The van der Waals surface area contributed by atoms with Crippen LogP contribution in [-0.2, 0) is 9.59 Å². The second kappa shape index (κ2) is 7.78. The monoisotopic (exact) mass is 357 g/mol. The number of hydrogen-bond acceptors (Lipinski definition) is 4. The van der Waals surface area contributed by atoms with Crippen LogP contribution in [0.1, 0.15) is 30.1 Å². The Bertz CT molecular complexity index is 558. The number of rotatable bonds is 7. The van der Waals surface area contributed by atoms with Gasteiger partial charge in [0.05, 0.1) is 12.7 Å². The highest BCUT2D eigenvalue weighted by atomic mass is 79.9. The van der Waals surface area contributed by atoms with Crippen LogP contribution >= 0.6 is 15.9 Å². The van der Waals surface area contributed by atoms with Crippen LogP contribution in [-0.4, -0.2) is 35.9 Å². The van der Waals surface area contributed by atoms with Crippen molar-refractivity contribution in [2.45, 2.75) is 25.8 Å². The van der Waals surface area contributed by atoms with Crippen molar-refractivity contribution in [3.8, 4) is 5.75 Å². The lowest BCUT2D eigenvalue weighted by molar-refractivity contribution is -0.141. The molecule has 0 spiro atoms. The number of carboxylic acids is 1. The van der Waals surface area contributed by atoms with Crippen LogP contribution in [0.5, 0.6) is 5.75 Å². The van der Waals surface area contributed by atoms with Gasteiger partial charge < -0.3 is 15.2 Å². The molecule has 0 aliphatic heterocycles. The van der Waals surface area contributed by atoms with E-state index in [4.69, 9.17) is 9.84 Å². The Morgan fingerprint density at radius 3 is 2.57 bits per heavy atom. The highest BCUT2D eigenvalue weighted by Gasteiger charge is 2.17. The van der Waals surface area contributed by atoms with Crippen molar-refractivity contribution in [1.29, 1.82) is 0 Å². The Balaban J connectivity index is 2.64. The van der Waals surface area contributed by atoms with Crippen LogP contribution in [0.25, 0.3) is 0 Å². The van der Waals surface area contributed by atoms with E-state index in [1.165, 1.54) is 14.0 Å². The first-order chi connectivity index (χ1) is 9.85. The van der Waals surface area contributed by atoms with E-state index in [9.17, 15) is 14.4 Å². The van der Waals surface area contributed by atoms with Crippen molar-refractivity contribution in [2.75, 3.05) is 7.11 Å². The van der Waals surface area contributed by atoms with Crippen LogP contribution in [0, 0.1) is 0 Å². The van der Waals surface area contributed by atoms with Crippen molar-refractivity contribution in [1.82, 2.24) is 5.32 Å². The summed E-state index contributed by atoms with van der Waals surface area (Å²) in [5.74, 6) is -1.41. The average Bonchev–Trinajstić information content (AvgIpc) is 2.44. The molecule has 0 aliphatic rings. The minimum atomic E-state index is -1.12. The number of carboxylic acid groups (broad SMARTS) is 1. The number of halogens is 1. The van der Waals surface area contributed by atoms with Crippen molar-refractivity contribution in [3.05, 3.63) is 28.2 Å². The molecular formula is C14H16BrNO5. The summed E-state index contributed by atoms with van der Waals surface area (Å²) in [4.78, 5) is 34.3. The summed E-state index contributed by atoms with van der Waals surface area (Å²) in [6.07, 6.45) is -0.100. The molecule has 0 bridgehead atoms. The molecule has 6 nitrogen and oxygen atoms in total. The first kappa shape index (κ1) is 17.2. The number of amides is 1. The predicted molar refractivity (Wildman–Crippen MR) is 79.5 cm³/mol. The maximum atomic E-state index is 12.1. The summed E-state index contributed by atoms with van der Waals surface area (Å²) in [7, 11) is 1.46. The van der Waals surface area contributed by atoms with E-state index < -0.39 is 17.9 Å². The summed E-state index contributed by atoms with van der Waals surface area (Å²) >= 11 is 3.27. The molecule has 1 unspecified atom stereocenters. The Kier molecular flexibility index (Phi) is 6.36. The molecule has 0 saturated carbocycles. The van der Waals surface area contributed by atoms with Gasteiger partial charge in [0.2, 0.25) is 5.91 Å². The normalized spacial score (nSPS) is 11.6. The van der Waals surface area contributed by atoms with Gasteiger partial charge in [-0.3, -0.25) is 14.4 Å². The van der Waals surface area contributed by atoms with Gasteiger partial charge in [-0.25, -0.2) is 0 Å². The van der Waals surface area contributed by atoms with Crippen LogP contribution in [0.4, 0.5) is 0 Å². The van der Waals surface area contributed by atoms with Crippen molar-refractivity contribution in [2.24, 2.45) is 0 Å². The van der Waals surface area contributed by atoms with Crippen LogP contribution in [0.3, 0.4) is 0 Å². The molecule has 1 amide bonds. The number of Topliss-reactive ketones (excluding diaryl/α,β-unsaturated/α-hetero) is 1. The van der Waals surface area contributed by atoms with Gasteiger partial charge in [-0.2, -0.15) is 0 Å². The zero-order valence-electron chi connectivity index (χ0n) is 11.7. The molecule has 7 heteroatoms. The van der Waals surface area contributed by atoms with Gasteiger partial charge in [-0.1, -0.05) is 15.9 Å². The lowest BCUT2D eigenvalue weighted by atomic mass is 10.1. The molecular weight excluding hydrogens is 342 g/mol. The highest BCUT2D eigenvalue weighted by molar-refractivity contribution is 9.10. The zero-order chi connectivity index (χ0) is 16.0. The van der Waals surface area contributed by atoms with E-state index >= 15 is 0 Å². The quantitative estimate of drug-likeness (QED) is 0.728. The van der Waals surface area contributed by atoms with Crippen molar-refractivity contribution >= 4 is 33.6 Å². The number of carbonyl (C=O) groups is 3. The Labute approximate surface area is 130 Å². The number of ether oxygens (including phenoxy) is 1. The SMILES string of the molecule is COc1ccc(Br)cc1C(=O)CCC(=O)NC(C)C(=O)O. The molecule has 0 aromatic heterocycles. The van der Waals surface area contributed by atoms with Gasteiger partial charge >= 0.3 is 5.97 Å². The fourth-order valence-electron chi connectivity index (χ4n) is 1.64. The molecule has 1 aromatic carbocycles. The summed E-state index contributed by atoms with van der Waals surface area (Å²) in [6.45, 7) is 1.36. The lowest BCUT2D eigenvalue weighted by Gasteiger charge is -2.10. The van der Waals surface area contributed by atoms with Gasteiger partial charge in [0.25, 0.3) is 0 Å². The summed E-state index contributed by atoms with van der Waals surface area (Å²) in [5.41, 5.74) is 0.381. The fraction of sp³-hybridized carbons (Fsp3) is 0.357. The molecule has 21 heavy (non-hydrogen) atoms. The molecule has 1 aromatic rings. The van der Waals surface area contributed by atoms with Crippen LogP contribution < -0.4 is 10.1 Å². The summed E-state index contributed by atoms with van der Waals surface area (Å²) < 4.78 is 5.84. The summed E-state index contributed by atoms with van der Waals surface area (Å²) in [6, 6.07) is 4.05. The minimum Gasteiger partial charge on any atom is -0.496 e. The Morgan fingerprint density at radius 2 is 2.00 bits per heavy atom. The highest BCUT2D eigenvalue weighted by Crippen LogP contribution is 2.24. The largest absolute Gasteiger partial charge is 0.496 e. The third-order valence-corrected chi connectivity index (χ3v) is 3.28. The molecule has 0 fully saturated rings. The number of aliphatic carboxylic acids is 1. The van der Waals surface area contributed by atoms with Crippen LogP contribution in [0.2, 0.25) is 0 Å². The maximum Gasteiger partial charge on any atom is 0.325 e. The standard InChI is InChI=1S/C14H16BrNO5/c1-8(14(19)20)16-13(18)6-4-11(17)10-7-9(15)3-5-12(10)21-2/h3,5,7-8H,4,6H2,1-2H3,(H,16,18)(H,19,20).